The number of rotatable bonds is 11. The summed E-state index contributed by atoms with van der Waals surface area (Å²) in [7, 11) is 0. The molecular formula is C25H33Cl2NO4. The minimum absolute atomic E-state index is 0. The quantitative estimate of drug-likeness (QED) is 0.352. The number of aryl methyl sites for hydroxylation is 1. The third-order valence-electron chi connectivity index (χ3n) is 5.61. The molecule has 0 saturated heterocycles. The number of carbonyl (C=O) groups is 1. The fourth-order valence-electron chi connectivity index (χ4n) is 3.97. The number of aliphatic hydroxyl groups excluding tert-OH is 1. The number of ether oxygens (including phenoxy) is 2. The molecule has 1 aliphatic carbocycles. The summed E-state index contributed by atoms with van der Waals surface area (Å²) in [5.41, 5.74) is 3.55. The molecule has 2 aromatic rings. The van der Waals surface area contributed by atoms with Crippen LogP contribution in [0.3, 0.4) is 0 Å². The van der Waals surface area contributed by atoms with Gasteiger partial charge in [0.2, 0.25) is 0 Å². The summed E-state index contributed by atoms with van der Waals surface area (Å²) in [5, 5.41) is 14.4. The van der Waals surface area contributed by atoms with E-state index in [9.17, 15) is 9.90 Å². The fourth-order valence-corrected chi connectivity index (χ4v) is 4.17. The first-order chi connectivity index (χ1) is 15.0. The number of carbonyl (C=O) groups excluding carboxylic acids is 1. The average molecular weight is 482 g/mol. The molecule has 0 aromatic heterocycles. The summed E-state index contributed by atoms with van der Waals surface area (Å²) < 4.78 is 10.8. The minimum Gasteiger partial charge on any atom is -0.494 e. The minimum atomic E-state index is -0.566. The van der Waals surface area contributed by atoms with Crippen LogP contribution in [0.25, 0.3) is 0 Å². The number of aliphatic hydroxyl groups is 1. The van der Waals surface area contributed by atoms with Crippen LogP contribution in [0, 0.1) is 5.92 Å². The van der Waals surface area contributed by atoms with Gasteiger partial charge in [-0.1, -0.05) is 29.8 Å². The Bertz CT molecular complexity index is 862. The molecule has 32 heavy (non-hydrogen) atoms. The molecule has 0 amide bonds. The number of hydrogen-bond donors (Lipinski definition) is 2. The number of benzene rings is 2. The number of hydrogen-bond acceptors (Lipinski definition) is 5. The molecule has 2 N–H and O–H groups in total. The van der Waals surface area contributed by atoms with Crippen LogP contribution in [0.15, 0.2) is 42.5 Å². The van der Waals surface area contributed by atoms with Crippen LogP contribution in [-0.4, -0.2) is 37.4 Å². The highest BCUT2D eigenvalue weighted by Crippen LogP contribution is 2.28. The molecule has 5 nitrogen and oxygen atoms in total. The third kappa shape index (κ3) is 8.28. The van der Waals surface area contributed by atoms with E-state index in [2.05, 4.69) is 17.4 Å². The summed E-state index contributed by atoms with van der Waals surface area (Å²) >= 11 is 6.01. The highest BCUT2D eigenvalue weighted by Gasteiger charge is 2.19. The summed E-state index contributed by atoms with van der Waals surface area (Å²) in [6.45, 7) is 4.10. The van der Waals surface area contributed by atoms with Gasteiger partial charge in [0, 0.05) is 18.0 Å². The van der Waals surface area contributed by atoms with E-state index in [0.717, 1.165) is 37.1 Å². The van der Waals surface area contributed by atoms with E-state index in [0.29, 0.717) is 43.5 Å². The van der Waals surface area contributed by atoms with Crippen molar-refractivity contribution in [3.63, 3.8) is 0 Å². The van der Waals surface area contributed by atoms with E-state index in [1.54, 1.807) is 6.07 Å². The predicted octanol–water partition coefficient (Wildman–Crippen LogP) is 4.91. The molecule has 176 valence electrons. The molecule has 3 rings (SSSR count). The van der Waals surface area contributed by atoms with Gasteiger partial charge < -0.3 is 19.9 Å². The Hall–Kier alpha value is -1.79. The van der Waals surface area contributed by atoms with E-state index in [1.807, 2.05) is 31.2 Å². The highest BCUT2D eigenvalue weighted by molar-refractivity contribution is 6.30. The van der Waals surface area contributed by atoms with Crippen LogP contribution in [-0.2, 0) is 22.4 Å². The standard InChI is InChI=1S/C25H32ClNO4.ClH/c1-2-30-25(29)7-4-12-31-23-11-10-19-9-8-18(13-21(19)15-23)16-27-17-24(28)20-5-3-6-22(26)14-20;/h3,5-6,10-11,14-15,18,24,27-28H,2,4,7-9,12-13,16-17H2,1H3;1H. The molecule has 0 fully saturated rings. The van der Waals surface area contributed by atoms with Crippen molar-refractivity contribution in [2.45, 2.75) is 45.1 Å². The second-order valence-electron chi connectivity index (χ2n) is 8.03. The van der Waals surface area contributed by atoms with E-state index in [4.69, 9.17) is 21.1 Å². The Balaban J connectivity index is 0.00000363. The number of halogens is 2. The van der Waals surface area contributed by atoms with Gasteiger partial charge in [0.15, 0.2) is 0 Å². The van der Waals surface area contributed by atoms with E-state index in [-0.39, 0.29) is 18.4 Å². The third-order valence-corrected chi connectivity index (χ3v) is 5.85. The molecule has 1 aliphatic rings. The highest BCUT2D eigenvalue weighted by atomic mass is 35.5. The van der Waals surface area contributed by atoms with Crippen molar-refractivity contribution < 1.29 is 19.4 Å². The van der Waals surface area contributed by atoms with Crippen molar-refractivity contribution in [3.8, 4) is 5.75 Å². The molecule has 7 heteroatoms. The Labute approximate surface area is 201 Å². The van der Waals surface area contributed by atoms with Gasteiger partial charge >= 0.3 is 5.97 Å². The first-order valence-corrected chi connectivity index (χ1v) is 11.5. The summed E-state index contributed by atoms with van der Waals surface area (Å²) in [6, 6.07) is 13.7. The lowest BCUT2D eigenvalue weighted by Crippen LogP contribution is -2.30. The Morgan fingerprint density at radius 3 is 2.88 bits per heavy atom. The molecule has 0 bridgehead atoms. The second kappa shape index (κ2) is 13.7. The maximum absolute atomic E-state index is 11.4. The van der Waals surface area contributed by atoms with Gasteiger partial charge in [-0.05, 0) is 86.0 Å². The normalized spacial score (nSPS) is 15.9. The molecule has 2 atom stereocenters. The smallest absolute Gasteiger partial charge is 0.305 e. The molecule has 0 spiro atoms. The fraction of sp³-hybridized carbons (Fsp3) is 0.480. The Morgan fingerprint density at radius 1 is 1.25 bits per heavy atom. The molecule has 2 unspecified atom stereocenters. The van der Waals surface area contributed by atoms with Crippen LogP contribution in [0.1, 0.15) is 49.0 Å². The summed E-state index contributed by atoms with van der Waals surface area (Å²) in [6.07, 6.45) is 3.65. The van der Waals surface area contributed by atoms with Gasteiger partial charge in [-0.2, -0.15) is 0 Å². The van der Waals surface area contributed by atoms with Crippen molar-refractivity contribution in [1.82, 2.24) is 5.32 Å². The van der Waals surface area contributed by atoms with Crippen molar-refractivity contribution in [2.24, 2.45) is 5.92 Å². The maximum Gasteiger partial charge on any atom is 0.305 e. The number of nitrogens with one attached hydrogen (secondary N) is 1. The van der Waals surface area contributed by atoms with Gasteiger partial charge in [0.25, 0.3) is 0 Å². The predicted molar refractivity (Wildman–Crippen MR) is 130 cm³/mol. The molecule has 0 saturated carbocycles. The van der Waals surface area contributed by atoms with Gasteiger partial charge in [-0.3, -0.25) is 4.79 Å². The SMILES string of the molecule is CCOC(=O)CCCOc1ccc2c(c1)CC(CNCC(O)c1cccc(Cl)c1)CC2.Cl. The van der Waals surface area contributed by atoms with Crippen LogP contribution in [0.2, 0.25) is 5.02 Å². The van der Waals surface area contributed by atoms with Gasteiger partial charge in [-0.25, -0.2) is 0 Å². The maximum atomic E-state index is 11.4. The second-order valence-corrected chi connectivity index (χ2v) is 8.46. The molecular weight excluding hydrogens is 449 g/mol. The lowest BCUT2D eigenvalue weighted by Gasteiger charge is -2.26. The molecule has 0 heterocycles. The zero-order chi connectivity index (χ0) is 22.1. The van der Waals surface area contributed by atoms with E-state index < -0.39 is 6.10 Å². The largest absolute Gasteiger partial charge is 0.494 e. The molecule has 0 radical (unpaired) electrons. The molecule has 0 aliphatic heterocycles. The van der Waals surface area contributed by atoms with Crippen LogP contribution in [0.5, 0.6) is 5.75 Å². The monoisotopic (exact) mass is 481 g/mol. The molecule has 2 aromatic carbocycles. The van der Waals surface area contributed by atoms with Crippen molar-refractivity contribution in [3.05, 3.63) is 64.2 Å². The summed E-state index contributed by atoms with van der Waals surface area (Å²) in [4.78, 5) is 11.4. The van der Waals surface area contributed by atoms with Gasteiger partial charge in [-0.15, -0.1) is 12.4 Å². The van der Waals surface area contributed by atoms with E-state index in [1.165, 1.54) is 11.1 Å². The van der Waals surface area contributed by atoms with Crippen molar-refractivity contribution >= 4 is 30.0 Å². The van der Waals surface area contributed by atoms with E-state index >= 15 is 0 Å². The lowest BCUT2D eigenvalue weighted by atomic mass is 9.83. The zero-order valence-corrected chi connectivity index (χ0v) is 20.1. The first kappa shape index (κ1) is 26.5. The number of fused-ring (bicyclic) bond motifs is 1. The Kier molecular flexibility index (Phi) is 11.3. The lowest BCUT2D eigenvalue weighted by molar-refractivity contribution is -0.143. The topological polar surface area (TPSA) is 67.8 Å². The van der Waals surface area contributed by atoms with Crippen LogP contribution < -0.4 is 10.1 Å². The van der Waals surface area contributed by atoms with Crippen molar-refractivity contribution in [2.75, 3.05) is 26.3 Å². The first-order valence-electron chi connectivity index (χ1n) is 11.1. The zero-order valence-electron chi connectivity index (χ0n) is 18.5. The van der Waals surface area contributed by atoms with Gasteiger partial charge in [0.05, 0.1) is 19.3 Å². The van der Waals surface area contributed by atoms with Gasteiger partial charge in [0.1, 0.15) is 5.75 Å². The average Bonchev–Trinajstić information content (AvgIpc) is 2.76. The van der Waals surface area contributed by atoms with Crippen molar-refractivity contribution in [1.29, 1.82) is 0 Å². The summed E-state index contributed by atoms with van der Waals surface area (Å²) in [5.74, 6) is 1.21. The van der Waals surface area contributed by atoms with Crippen LogP contribution >= 0.6 is 24.0 Å². The Morgan fingerprint density at radius 2 is 2.09 bits per heavy atom. The number of esters is 1. The van der Waals surface area contributed by atoms with Crippen LogP contribution in [0.4, 0.5) is 0 Å².